The average Bonchev–Trinajstić information content (AvgIpc) is 2.82. The van der Waals surface area contributed by atoms with Crippen LogP contribution in [0.25, 0.3) is 0 Å². The van der Waals surface area contributed by atoms with Gasteiger partial charge < -0.3 is 14.9 Å². The van der Waals surface area contributed by atoms with Crippen molar-refractivity contribution in [2.45, 2.75) is 38.6 Å². The topological polar surface area (TPSA) is 73.7 Å². The van der Waals surface area contributed by atoms with E-state index in [-0.39, 0.29) is 5.91 Å². The molecule has 1 aliphatic rings. The Balaban J connectivity index is 2.07. The van der Waals surface area contributed by atoms with E-state index < -0.39 is 12.0 Å². The van der Waals surface area contributed by atoms with Crippen LogP contribution in [0, 0.1) is 0 Å². The van der Waals surface area contributed by atoms with Gasteiger partial charge >= 0.3 is 5.97 Å². The number of hydrogen-bond acceptors (Lipinski definition) is 4. The average molecular weight is 305 g/mol. The molecular formula is C16H23N3O3. The van der Waals surface area contributed by atoms with Gasteiger partial charge in [-0.2, -0.15) is 0 Å². The molecule has 1 atom stereocenters. The highest BCUT2D eigenvalue weighted by Crippen LogP contribution is 2.18. The van der Waals surface area contributed by atoms with Gasteiger partial charge in [-0.15, -0.1) is 0 Å². The lowest BCUT2D eigenvalue weighted by atomic mass is 10.2. The molecule has 0 radical (unpaired) electrons. The number of carbonyl (C=O) groups is 2. The number of carboxylic acids is 1. The Bertz CT molecular complexity index is 522. The molecule has 6 nitrogen and oxygen atoms in total. The van der Waals surface area contributed by atoms with Gasteiger partial charge in [0.25, 0.3) is 5.91 Å². The molecule has 6 heteroatoms. The molecule has 120 valence electrons. The summed E-state index contributed by atoms with van der Waals surface area (Å²) < 4.78 is 0. The van der Waals surface area contributed by atoms with E-state index in [0.717, 1.165) is 18.9 Å². The molecule has 0 bridgehead atoms. The van der Waals surface area contributed by atoms with Gasteiger partial charge in [0.05, 0.1) is 5.56 Å². The molecule has 0 spiro atoms. The zero-order chi connectivity index (χ0) is 16.1. The second-order valence-corrected chi connectivity index (χ2v) is 5.74. The standard InChI is InChI=1S/C16H23N3O3/c1-12(16(21)22)18(2)15(20)13-7-8-14(17-11-13)19-9-5-3-4-6-10-19/h7-8,11-12H,3-6,9-10H2,1-2H3,(H,21,22). The molecule has 1 amide bonds. The SMILES string of the molecule is CC(C(=O)O)N(C)C(=O)c1ccc(N2CCCCCC2)nc1. The molecular weight excluding hydrogens is 282 g/mol. The van der Waals surface area contributed by atoms with Crippen molar-refractivity contribution in [1.82, 2.24) is 9.88 Å². The van der Waals surface area contributed by atoms with Crippen LogP contribution in [0.3, 0.4) is 0 Å². The maximum atomic E-state index is 12.2. The van der Waals surface area contributed by atoms with Gasteiger partial charge in [-0.1, -0.05) is 12.8 Å². The number of anilines is 1. The molecule has 1 fully saturated rings. The van der Waals surface area contributed by atoms with Crippen molar-refractivity contribution in [3.8, 4) is 0 Å². The summed E-state index contributed by atoms with van der Waals surface area (Å²) in [7, 11) is 1.49. The van der Waals surface area contributed by atoms with Gasteiger partial charge in [0.1, 0.15) is 11.9 Å². The molecule has 0 aromatic carbocycles. The summed E-state index contributed by atoms with van der Waals surface area (Å²) in [5.41, 5.74) is 0.411. The van der Waals surface area contributed by atoms with E-state index in [4.69, 9.17) is 5.11 Å². The minimum absolute atomic E-state index is 0.329. The summed E-state index contributed by atoms with van der Waals surface area (Å²) in [4.78, 5) is 31.0. The monoisotopic (exact) mass is 305 g/mol. The maximum Gasteiger partial charge on any atom is 0.326 e. The number of amides is 1. The zero-order valence-corrected chi connectivity index (χ0v) is 13.2. The predicted octanol–water partition coefficient (Wildman–Crippen LogP) is 2.01. The first-order valence-electron chi connectivity index (χ1n) is 7.71. The highest BCUT2D eigenvalue weighted by molar-refractivity contribution is 5.96. The first-order chi connectivity index (χ1) is 10.5. The fourth-order valence-electron chi connectivity index (χ4n) is 2.54. The quantitative estimate of drug-likeness (QED) is 0.921. The second kappa shape index (κ2) is 7.24. The fraction of sp³-hybridized carbons (Fsp3) is 0.562. The number of likely N-dealkylation sites (N-methyl/N-ethyl adjacent to an activating group) is 1. The number of nitrogens with zero attached hydrogens (tertiary/aromatic N) is 3. The van der Waals surface area contributed by atoms with Crippen molar-refractivity contribution in [1.29, 1.82) is 0 Å². The molecule has 1 N–H and O–H groups in total. The number of carbonyl (C=O) groups excluding carboxylic acids is 1. The van der Waals surface area contributed by atoms with Crippen LogP contribution >= 0.6 is 0 Å². The van der Waals surface area contributed by atoms with Crippen LogP contribution in [0.1, 0.15) is 43.0 Å². The Labute approximate surface area is 130 Å². The van der Waals surface area contributed by atoms with Gasteiger partial charge in [0.2, 0.25) is 0 Å². The van der Waals surface area contributed by atoms with E-state index in [0.29, 0.717) is 5.56 Å². The highest BCUT2D eigenvalue weighted by atomic mass is 16.4. The molecule has 1 unspecified atom stereocenters. The van der Waals surface area contributed by atoms with Crippen LogP contribution in [0.2, 0.25) is 0 Å². The third kappa shape index (κ3) is 3.75. The van der Waals surface area contributed by atoms with Crippen LogP contribution in [-0.4, -0.2) is 53.0 Å². The predicted molar refractivity (Wildman–Crippen MR) is 84.1 cm³/mol. The lowest BCUT2D eigenvalue weighted by Crippen LogP contribution is -2.40. The molecule has 1 aliphatic heterocycles. The number of rotatable bonds is 4. The molecule has 1 saturated heterocycles. The molecule has 2 rings (SSSR count). The molecule has 1 aromatic heterocycles. The van der Waals surface area contributed by atoms with Gasteiger partial charge in [-0.05, 0) is 31.9 Å². The molecule has 1 aromatic rings. The first-order valence-corrected chi connectivity index (χ1v) is 7.71. The maximum absolute atomic E-state index is 12.2. The number of hydrogen-bond donors (Lipinski definition) is 1. The van der Waals surface area contributed by atoms with Gasteiger partial charge in [0, 0.05) is 26.3 Å². The Morgan fingerprint density at radius 1 is 1.23 bits per heavy atom. The number of pyridine rings is 1. The number of aliphatic carboxylic acids is 1. The van der Waals surface area contributed by atoms with E-state index in [2.05, 4.69) is 9.88 Å². The van der Waals surface area contributed by atoms with Crippen LogP contribution < -0.4 is 4.90 Å². The lowest BCUT2D eigenvalue weighted by molar-refractivity contribution is -0.141. The molecule has 22 heavy (non-hydrogen) atoms. The van der Waals surface area contributed by atoms with Crippen molar-refractivity contribution < 1.29 is 14.7 Å². The largest absolute Gasteiger partial charge is 0.480 e. The van der Waals surface area contributed by atoms with Crippen LogP contribution in [0.15, 0.2) is 18.3 Å². The van der Waals surface area contributed by atoms with E-state index in [1.165, 1.54) is 50.8 Å². The van der Waals surface area contributed by atoms with E-state index in [1.807, 2.05) is 6.07 Å². The fourth-order valence-corrected chi connectivity index (χ4v) is 2.54. The normalized spacial score (nSPS) is 16.7. The van der Waals surface area contributed by atoms with Crippen molar-refractivity contribution in [2.75, 3.05) is 25.0 Å². The smallest absolute Gasteiger partial charge is 0.326 e. The van der Waals surface area contributed by atoms with Crippen molar-refractivity contribution in [3.63, 3.8) is 0 Å². The van der Waals surface area contributed by atoms with Gasteiger partial charge in [-0.3, -0.25) is 4.79 Å². The van der Waals surface area contributed by atoms with Crippen LogP contribution in [-0.2, 0) is 4.79 Å². The molecule has 0 aliphatic carbocycles. The van der Waals surface area contributed by atoms with E-state index in [1.54, 1.807) is 6.07 Å². The Morgan fingerprint density at radius 3 is 2.36 bits per heavy atom. The van der Waals surface area contributed by atoms with Crippen molar-refractivity contribution in [2.24, 2.45) is 0 Å². The summed E-state index contributed by atoms with van der Waals surface area (Å²) in [5, 5.41) is 8.97. The van der Waals surface area contributed by atoms with Crippen molar-refractivity contribution >= 4 is 17.7 Å². The number of aromatic nitrogens is 1. The van der Waals surface area contributed by atoms with Crippen molar-refractivity contribution in [3.05, 3.63) is 23.9 Å². The minimum Gasteiger partial charge on any atom is -0.480 e. The Hall–Kier alpha value is -2.11. The summed E-state index contributed by atoms with van der Waals surface area (Å²) in [6.45, 7) is 3.48. The highest BCUT2D eigenvalue weighted by Gasteiger charge is 2.23. The summed E-state index contributed by atoms with van der Waals surface area (Å²) in [5.74, 6) is -0.470. The van der Waals surface area contributed by atoms with Gasteiger partial charge in [0.15, 0.2) is 0 Å². The molecule has 0 saturated carbocycles. The van der Waals surface area contributed by atoms with E-state index >= 15 is 0 Å². The first kappa shape index (κ1) is 16.3. The number of carboxylic acid groups (broad SMARTS) is 1. The Kier molecular flexibility index (Phi) is 5.35. The minimum atomic E-state index is -1.02. The third-order valence-electron chi connectivity index (χ3n) is 4.18. The second-order valence-electron chi connectivity index (χ2n) is 5.74. The van der Waals surface area contributed by atoms with Gasteiger partial charge in [-0.25, -0.2) is 9.78 Å². The molecule has 2 heterocycles. The third-order valence-corrected chi connectivity index (χ3v) is 4.18. The summed E-state index contributed by atoms with van der Waals surface area (Å²) >= 11 is 0. The van der Waals surface area contributed by atoms with Crippen LogP contribution in [0.5, 0.6) is 0 Å². The lowest BCUT2D eigenvalue weighted by Gasteiger charge is -2.23. The van der Waals surface area contributed by atoms with Crippen LogP contribution in [0.4, 0.5) is 5.82 Å². The van der Waals surface area contributed by atoms with E-state index in [9.17, 15) is 9.59 Å². The zero-order valence-electron chi connectivity index (χ0n) is 13.2. The summed E-state index contributed by atoms with van der Waals surface area (Å²) in [6.07, 6.45) is 6.38. The summed E-state index contributed by atoms with van der Waals surface area (Å²) in [6, 6.07) is 2.70. The Morgan fingerprint density at radius 2 is 1.86 bits per heavy atom.